The summed E-state index contributed by atoms with van der Waals surface area (Å²) in [5.74, 6) is -0.212. The standard InChI is InChI=1S/C12H9FN4/c1-8-2-11(7-15-5-8)17-12-9(4-14)3-10(13)6-16-12/h2-3,5-7H,1H3,(H,16,17). The molecule has 17 heavy (non-hydrogen) atoms. The first-order valence-corrected chi connectivity index (χ1v) is 4.93. The van der Waals surface area contributed by atoms with Crippen LogP contribution in [0.15, 0.2) is 30.7 Å². The highest BCUT2D eigenvalue weighted by atomic mass is 19.1. The van der Waals surface area contributed by atoms with Gasteiger partial charge in [-0.15, -0.1) is 0 Å². The van der Waals surface area contributed by atoms with Crippen molar-refractivity contribution in [1.29, 1.82) is 5.26 Å². The lowest BCUT2D eigenvalue weighted by atomic mass is 10.2. The quantitative estimate of drug-likeness (QED) is 0.857. The molecule has 84 valence electrons. The van der Waals surface area contributed by atoms with Gasteiger partial charge in [-0.05, 0) is 24.6 Å². The smallest absolute Gasteiger partial charge is 0.148 e. The van der Waals surface area contributed by atoms with Crippen LogP contribution >= 0.6 is 0 Å². The lowest BCUT2D eigenvalue weighted by Gasteiger charge is -2.07. The average molecular weight is 228 g/mol. The van der Waals surface area contributed by atoms with Gasteiger partial charge in [0.15, 0.2) is 0 Å². The lowest BCUT2D eigenvalue weighted by Crippen LogP contribution is -1.98. The zero-order valence-corrected chi connectivity index (χ0v) is 9.11. The Morgan fingerprint density at radius 3 is 2.82 bits per heavy atom. The van der Waals surface area contributed by atoms with Crippen molar-refractivity contribution in [3.63, 3.8) is 0 Å². The first-order chi connectivity index (χ1) is 8.19. The number of aryl methyl sites for hydroxylation is 1. The number of rotatable bonds is 2. The van der Waals surface area contributed by atoms with Gasteiger partial charge in [0, 0.05) is 6.20 Å². The Labute approximate surface area is 97.8 Å². The lowest BCUT2D eigenvalue weighted by molar-refractivity contribution is 0.621. The van der Waals surface area contributed by atoms with Crippen molar-refractivity contribution < 1.29 is 4.39 Å². The number of pyridine rings is 2. The molecule has 2 rings (SSSR count). The predicted molar refractivity (Wildman–Crippen MR) is 61.2 cm³/mol. The van der Waals surface area contributed by atoms with Gasteiger partial charge >= 0.3 is 0 Å². The summed E-state index contributed by atoms with van der Waals surface area (Å²) in [6.45, 7) is 1.90. The van der Waals surface area contributed by atoms with Gasteiger partial charge < -0.3 is 5.32 Å². The summed E-state index contributed by atoms with van der Waals surface area (Å²) in [6, 6.07) is 4.88. The highest BCUT2D eigenvalue weighted by molar-refractivity contribution is 5.62. The van der Waals surface area contributed by atoms with Gasteiger partial charge in [-0.2, -0.15) is 5.26 Å². The van der Waals surface area contributed by atoms with Crippen LogP contribution in [0.4, 0.5) is 15.9 Å². The molecule has 0 amide bonds. The first-order valence-electron chi connectivity index (χ1n) is 4.93. The zero-order chi connectivity index (χ0) is 12.3. The molecule has 1 N–H and O–H groups in total. The van der Waals surface area contributed by atoms with E-state index in [0.717, 1.165) is 17.8 Å². The number of aromatic nitrogens is 2. The van der Waals surface area contributed by atoms with E-state index in [1.807, 2.05) is 19.1 Å². The van der Waals surface area contributed by atoms with E-state index in [-0.39, 0.29) is 5.56 Å². The largest absolute Gasteiger partial charge is 0.338 e. The maximum absolute atomic E-state index is 12.9. The molecule has 0 aliphatic heterocycles. The molecule has 0 spiro atoms. The van der Waals surface area contributed by atoms with Crippen LogP contribution in [0.3, 0.4) is 0 Å². The molecule has 2 aromatic rings. The van der Waals surface area contributed by atoms with Crippen molar-refractivity contribution in [2.75, 3.05) is 5.32 Å². The molecule has 0 saturated heterocycles. The first kappa shape index (κ1) is 11.0. The minimum atomic E-state index is -0.533. The van der Waals surface area contributed by atoms with E-state index >= 15 is 0 Å². The van der Waals surface area contributed by atoms with Gasteiger partial charge in [0.1, 0.15) is 17.7 Å². The topological polar surface area (TPSA) is 61.6 Å². The van der Waals surface area contributed by atoms with Crippen molar-refractivity contribution >= 4 is 11.5 Å². The molecule has 5 heteroatoms. The predicted octanol–water partition coefficient (Wildman–Crippen LogP) is 2.54. The summed E-state index contributed by atoms with van der Waals surface area (Å²) < 4.78 is 12.9. The highest BCUT2D eigenvalue weighted by Gasteiger charge is 2.05. The van der Waals surface area contributed by atoms with Crippen molar-refractivity contribution in [3.8, 4) is 6.07 Å². The Balaban J connectivity index is 2.34. The second kappa shape index (κ2) is 4.58. The third-order valence-electron chi connectivity index (χ3n) is 2.11. The van der Waals surface area contributed by atoms with Crippen LogP contribution in [-0.4, -0.2) is 9.97 Å². The van der Waals surface area contributed by atoms with Crippen molar-refractivity contribution in [2.24, 2.45) is 0 Å². The highest BCUT2D eigenvalue weighted by Crippen LogP contribution is 2.18. The molecular formula is C12H9FN4. The SMILES string of the molecule is Cc1cncc(Nc2ncc(F)cc2C#N)c1. The molecule has 0 aliphatic rings. The summed E-state index contributed by atoms with van der Waals surface area (Å²) >= 11 is 0. The fraction of sp³-hybridized carbons (Fsp3) is 0.0833. The van der Waals surface area contributed by atoms with E-state index in [9.17, 15) is 4.39 Å². The Morgan fingerprint density at radius 2 is 2.12 bits per heavy atom. The maximum atomic E-state index is 12.9. The number of halogens is 1. The Hall–Kier alpha value is -2.48. The molecule has 0 unspecified atom stereocenters. The summed E-state index contributed by atoms with van der Waals surface area (Å²) in [5, 5.41) is 11.8. The van der Waals surface area contributed by atoms with Crippen molar-refractivity contribution in [1.82, 2.24) is 9.97 Å². The molecule has 0 saturated carbocycles. The van der Waals surface area contributed by atoms with Crippen LogP contribution in [0, 0.1) is 24.1 Å². The Bertz CT molecular complexity index is 589. The third kappa shape index (κ3) is 2.55. The van der Waals surface area contributed by atoms with E-state index in [1.165, 1.54) is 0 Å². The number of hydrogen-bond acceptors (Lipinski definition) is 4. The van der Waals surface area contributed by atoms with Gasteiger partial charge in [0.2, 0.25) is 0 Å². The molecule has 0 bridgehead atoms. The van der Waals surface area contributed by atoms with E-state index in [4.69, 9.17) is 5.26 Å². The molecule has 2 heterocycles. The number of nitrogens with zero attached hydrogens (tertiary/aromatic N) is 3. The number of nitrogens with one attached hydrogen (secondary N) is 1. The molecule has 0 radical (unpaired) electrons. The Kier molecular flexibility index (Phi) is 2.97. The summed E-state index contributed by atoms with van der Waals surface area (Å²) in [5.41, 5.74) is 1.85. The molecule has 0 aromatic carbocycles. The monoisotopic (exact) mass is 228 g/mol. The van der Waals surface area contributed by atoms with Crippen LogP contribution in [0.1, 0.15) is 11.1 Å². The average Bonchev–Trinajstić information content (AvgIpc) is 2.31. The minimum absolute atomic E-state index is 0.159. The molecule has 0 fully saturated rings. The summed E-state index contributed by atoms with van der Waals surface area (Å²) in [4.78, 5) is 7.84. The second-order valence-corrected chi connectivity index (χ2v) is 3.54. The van der Waals surface area contributed by atoms with Gasteiger partial charge in [-0.3, -0.25) is 4.98 Å². The maximum Gasteiger partial charge on any atom is 0.148 e. The van der Waals surface area contributed by atoms with Gasteiger partial charge in [-0.1, -0.05) is 0 Å². The summed E-state index contributed by atoms with van der Waals surface area (Å²) in [6.07, 6.45) is 4.39. The van der Waals surface area contributed by atoms with Crippen LogP contribution in [0.25, 0.3) is 0 Å². The molecular weight excluding hydrogens is 219 g/mol. The van der Waals surface area contributed by atoms with Gasteiger partial charge in [0.25, 0.3) is 0 Å². The zero-order valence-electron chi connectivity index (χ0n) is 9.11. The number of hydrogen-bond donors (Lipinski definition) is 1. The van der Waals surface area contributed by atoms with E-state index < -0.39 is 5.82 Å². The van der Waals surface area contributed by atoms with Gasteiger partial charge in [0.05, 0.1) is 23.6 Å². The van der Waals surface area contributed by atoms with Gasteiger partial charge in [-0.25, -0.2) is 9.37 Å². The normalized spacial score (nSPS) is 9.71. The Morgan fingerprint density at radius 1 is 1.29 bits per heavy atom. The fourth-order valence-corrected chi connectivity index (χ4v) is 1.38. The van der Waals surface area contributed by atoms with E-state index in [2.05, 4.69) is 15.3 Å². The van der Waals surface area contributed by atoms with Crippen LogP contribution < -0.4 is 5.32 Å². The van der Waals surface area contributed by atoms with E-state index in [0.29, 0.717) is 11.5 Å². The van der Waals surface area contributed by atoms with Crippen LogP contribution in [-0.2, 0) is 0 Å². The molecule has 0 aliphatic carbocycles. The number of anilines is 2. The van der Waals surface area contributed by atoms with Crippen molar-refractivity contribution in [2.45, 2.75) is 6.92 Å². The second-order valence-electron chi connectivity index (χ2n) is 3.54. The van der Waals surface area contributed by atoms with Crippen LogP contribution in [0.2, 0.25) is 0 Å². The number of nitriles is 1. The molecule has 0 atom stereocenters. The fourth-order valence-electron chi connectivity index (χ4n) is 1.38. The molecule has 4 nitrogen and oxygen atoms in total. The van der Waals surface area contributed by atoms with Crippen LogP contribution in [0.5, 0.6) is 0 Å². The van der Waals surface area contributed by atoms with Crippen molar-refractivity contribution in [3.05, 3.63) is 47.7 Å². The minimum Gasteiger partial charge on any atom is -0.338 e. The van der Waals surface area contributed by atoms with E-state index in [1.54, 1.807) is 12.4 Å². The summed E-state index contributed by atoms with van der Waals surface area (Å²) in [7, 11) is 0. The molecule has 2 aromatic heterocycles. The third-order valence-corrected chi connectivity index (χ3v) is 2.11.